The van der Waals surface area contributed by atoms with E-state index in [9.17, 15) is 4.79 Å². The van der Waals surface area contributed by atoms with Crippen LogP contribution in [-0.4, -0.2) is 21.2 Å². The Bertz CT molecular complexity index is 603. The zero-order valence-corrected chi connectivity index (χ0v) is 10.9. The lowest BCUT2D eigenvalue weighted by Gasteiger charge is -2.02. The van der Waals surface area contributed by atoms with Gasteiger partial charge in [-0.25, -0.2) is 4.79 Å². The number of carbonyl (C=O) groups is 1. The molecule has 0 spiro atoms. The third-order valence-corrected chi connectivity index (χ3v) is 2.90. The maximum Gasteiger partial charge on any atom is 0.371 e. The Kier molecular flexibility index (Phi) is 4.50. The molecule has 0 aliphatic carbocycles. The fourth-order valence-corrected chi connectivity index (χ4v) is 1.80. The normalized spacial score (nSPS) is 11.3. The van der Waals surface area contributed by atoms with Crippen LogP contribution in [0.4, 0.5) is 0 Å². The van der Waals surface area contributed by atoms with Gasteiger partial charge in [-0.2, -0.15) is 0 Å². The summed E-state index contributed by atoms with van der Waals surface area (Å²) in [5.41, 5.74) is 2.76. The average molecular weight is 269 g/mol. The van der Waals surface area contributed by atoms with Crippen LogP contribution in [0, 0.1) is 0 Å². The van der Waals surface area contributed by atoms with E-state index in [4.69, 9.17) is 10.2 Å². The molecular formula is C16H15NO3. The van der Waals surface area contributed by atoms with Crippen LogP contribution in [0.5, 0.6) is 0 Å². The van der Waals surface area contributed by atoms with Gasteiger partial charge in [-0.15, -0.1) is 0 Å². The number of rotatable bonds is 5. The number of benzene rings is 1. The van der Waals surface area contributed by atoms with Crippen LogP contribution >= 0.6 is 0 Å². The first-order valence-corrected chi connectivity index (χ1v) is 6.28. The molecule has 0 radical (unpaired) electrons. The predicted octanol–water partition coefficient (Wildman–Crippen LogP) is 2.85. The summed E-state index contributed by atoms with van der Waals surface area (Å²) in [6.45, 7) is 0. The Hall–Kier alpha value is -2.62. The Labute approximate surface area is 117 Å². The van der Waals surface area contributed by atoms with E-state index in [1.807, 2.05) is 24.3 Å². The number of carboxylic acid groups (broad SMARTS) is 1. The van der Waals surface area contributed by atoms with Gasteiger partial charge in [0.15, 0.2) is 0 Å². The molecule has 1 aromatic heterocycles. The summed E-state index contributed by atoms with van der Waals surface area (Å²) < 4.78 is 0. The molecule has 0 aliphatic heterocycles. The second-order valence-electron chi connectivity index (χ2n) is 4.41. The summed E-state index contributed by atoms with van der Waals surface area (Å²) in [6, 6.07) is 13.7. The van der Waals surface area contributed by atoms with Crippen molar-refractivity contribution in [1.82, 2.24) is 4.98 Å². The summed E-state index contributed by atoms with van der Waals surface area (Å²) >= 11 is 0. The lowest BCUT2D eigenvalue weighted by Crippen LogP contribution is -1.99. The number of nitrogens with zero attached hydrogens (tertiary/aromatic N) is 1. The molecule has 0 fully saturated rings. The van der Waals surface area contributed by atoms with Crippen molar-refractivity contribution in [3.05, 3.63) is 71.2 Å². The summed E-state index contributed by atoms with van der Waals surface area (Å²) in [5, 5.41) is 17.7. The molecule has 0 saturated heterocycles. The zero-order valence-electron chi connectivity index (χ0n) is 10.9. The van der Waals surface area contributed by atoms with E-state index in [1.54, 1.807) is 12.3 Å². The molecule has 2 rings (SSSR count). The van der Waals surface area contributed by atoms with E-state index in [2.05, 4.69) is 17.1 Å². The van der Waals surface area contributed by atoms with Crippen molar-refractivity contribution < 1.29 is 15.0 Å². The number of aliphatic carboxylic acids is 1. The maximum atomic E-state index is 10.5. The van der Waals surface area contributed by atoms with Crippen molar-refractivity contribution in [2.45, 2.75) is 12.8 Å². The van der Waals surface area contributed by atoms with Gasteiger partial charge in [0.05, 0.1) is 5.69 Å². The maximum absolute atomic E-state index is 10.5. The largest absolute Gasteiger partial charge is 0.502 e. The van der Waals surface area contributed by atoms with Crippen LogP contribution in [-0.2, 0) is 17.6 Å². The Morgan fingerprint density at radius 2 is 1.70 bits per heavy atom. The van der Waals surface area contributed by atoms with E-state index >= 15 is 0 Å². The number of pyridine rings is 1. The highest BCUT2D eigenvalue weighted by atomic mass is 16.4. The molecule has 0 saturated carbocycles. The van der Waals surface area contributed by atoms with E-state index in [-0.39, 0.29) is 0 Å². The number of hydrogen-bond acceptors (Lipinski definition) is 3. The van der Waals surface area contributed by atoms with Gasteiger partial charge < -0.3 is 10.2 Å². The molecule has 1 aromatic carbocycles. The van der Waals surface area contributed by atoms with Gasteiger partial charge in [-0.1, -0.05) is 36.4 Å². The van der Waals surface area contributed by atoms with Crippen molar-refractivity contribution in [2.75, 3.05) is 0 Å². The second-order valence-corrected chi connectivity index (χ2v) is 4.41. The summed E-state index contributed by atoms with van der Waals surface area (Å²) in [7, 11) is 0. The fourth-order valence-electron chi connectivity index (χ4n) is 1.80. The van der Waals surface area contributed by atoms with Crippen molar-refractivity contribution in [2.24, 2.45) is 0 Å². The first-order valence-electron chi connectivity index (χ1n) is 6.28. The number of aliphatic hydroxyl groups excluding tert-OH is 1. The van der Waals surface area contributed by atoms with Crippen molar-refractivity contribution in [3.8, 4) is 0 Å². The molecule has 0 aliphatic rings. The molecule has 0 unspecified atom stereocenters. The highest BCUT2D eigenvalue weighted by Gasteiger charge is 2.04. The molecule has 4 nitrogen and oxygen atoms in total. The standard InChI is InChI=1S/C16H15NO3/c18-15(16(19)20)10-14-9-8-13(11-17-14)7-6-12-4-2-1-3-5-12/h1-5,8-11,18H,6-7H2,(H,19,20). The molecule has 20 heavy (non-hydrogen) atoms. The number of carboxylic acids is 1. The van der Waals surface area contributed by atoms with Gasteiger partial charge in [0.25, 0.3) is 0 Å². The minimum atomic E-state index is -1.36. The summed E-state index contributed by atoms with van der Waals surface area (Å²) in [5.74, 6) is -2.07. The zero-order chi connectivity index (χ0) is 14.4. The molecule has 0 bridgehead atoms. The summed E-state index contributed by atoms with van der Waals surface area (Å²) in [4.78, 5) is 14.6. The first-order chi connectivity index (χ1) is 9.65. The van der Waals surface area contributed by atoms with E-state index < -0.39 is 11.7 Å². The van der Waals surface area contributed by atoms with E-state index in [1.165, 1.54) is 5.56 Å². The number of aryl methyl sites for hydroxylation is 2. The summed E-state index contributed by atoms with van der Waals surface area (Å²) in [6.07, 6.45) is 4.62. The number of hydrogen-bond donors (Lipinski definition) is 2. The Morgan fingerprint density at radius 3 is 2.30 bits per heavy atom. The predicted molar refractivity (Wildman–Crippen MR) is 76.3 cm³/mol. The van der Waals surface area contributed by atoms with Gasteiger partial charge in [0.1, 0.15) is 0 Å². The van der Waals surface area contributed by atoms with Crippen LogP contribution in [0.1, 0.15) is 16.8 Å². The Morgan fingerprint density at radius 1 is 1.00 bits per heavy atom. The van der Waals surface area contributed by atoms with Gasteiger partial charge in [0, 0.05) is 12.3 Å². The van der Waals surface area contributed by atoms with Crippen LogP contribution in [0.25, 0.3) is 6.08 Å². The monoisotopic (exact) mass is 269 g/mol. The van der Waals surface area contributed by atoms with Crippen molar-refractivity contribution in [1.29, 1.82) is 0 Å². The smallest absolute Gasteiger partial charge is 0.371 e. The molecule has 1 heterocycles. The van der Waals surface area contributed by atoms with E-state index in [0.29, 0.717) is 5.69 Å². The molecule has 0 amide bonds. The van der Waals surface area contributed by atoms with Crippen LogP contribution in [0.3, 0.4) is 0 Å². The van der Waals surface area contributed by atoms with E-state index in [0.717, 1.165) is 24.5 Å². The third-order valence-electron chi connectivity index (χ3n) is 2.90. The Balaban J connectivity index is 1.98. The highest BCUT2D eigenvalue weighted by molar-refractivity contribution is 5.88. The fraction of sp³-hybridized carbons (Fsp3) is 0.125. The molecule has 4 heteroatoms. The number of aliphatic hydroxyl groups is 1. The molecule has 2 N–H and O–H groups in total. The third kappa shape index (κ3) is 3.95. The second kappa shape index (κ2) is 6.52. The van der Waals surface area contributed by atoms with Crippen LogP contribution in [0.2, 0.25) is 0 Å². The molecule has 2 aromatic rings. The lowest BCUT2D eigenvalue weighted by atomic mass is 10.1. The van der Waals surface area contributed by atoms with Gasteiger partial charge in [0.2, 0.25) is 5.76 Å². The average Bonchev–Trinajstić information content (AvgIpc) is 2.47. The SMILES string of the molecule is O=C(O)C(O)=Cc1ccc(CCc2ccccc2)cn1. The molecule has 102 valence electrons. The minimum Gasteiger partial charge on any atom is -0.502 e. The quantitative estimate of drug-likeness (QED) is 0.646. The topological polar surface area (TPSA) is 70.4 Å². The van der Waals surface area contributed by atoms with Gasteiger partial charge >= 0.3 is 5.97 Å². The first kappa shape index (κ1) is 13.8. The molecule has 0 atom stereocenters. The highest BCUT2D eigenvalue weighted by Crippen LogP contribution is 2.08. The van der Waals surface area contributed by atoms with Gasteiger partial charge in [-0.3, -0.25) is 4.98 Å². The molecular weight excluding hydrogens is 254 g/mol. The van der Waals surface area contributed by atoms with Crippen molar-refractivity contribution >= 4 is 12.0 Å². The lowest BCUT2D eigenvalue weighted by molar-refractivity contribution is -0.135. The van der Waals surface area contributed by atoms with Crippen LogP contribution < -0.4 is 0 Å². The minimum absolute atomic E-state index is 0.424. The van der Waals surface area contributed by atoms with Crippen molar-refractivity contribution in [3.63, 3.8) is 0 Å². The number of aromatic nitrogens is 1. The van der Waals surface area contributed by atoms with Crippen LogP contribution in [0.15, 0.2) is 54.4 Å². The van der Waals surface area contributed by atoms with Gasteiger partial charge in [-0.05, 0) is 30.0 Å².